The zero-order valence-electron chi connectivity index (χ0n) is 28.0. The number of anilines is 3. The molecule has 3 amide bonds. The number of piperazine rings is 1. The molecular formula is C36H37N9O6. The van der Waals surface area contributed by atoms with Gasteiger partial charge in [0.25, 0.3) is 11.9 Å². The van der Waals surface area contributed by atoms with Crippen LogP contribution in [0.2, 0.25) is 0 Å². The molecule has 7 heterocycles. The molecule has 5 aromatic rings. The SMILES string of the molecule is Cc1cc(-c2nc(C(=O)Nc3cc4oc(N5CCN(Cc6cccc(C7CCC(=O)NC7=O)c6)CC5)nc4nc3N3CC[C@@H](O)C3)co2)ccn1. The lowest BCUT2D eigenvalue weighted by molar-refractivity contribution is -0.134. The van der Waals surface area contributed by atoms with Crippen LogP contribution in [0.15, 0.2) is 63.8 Å². The number of amides is 3. The van der Waals surface area contributed by atoms with Gasteiger partial charge in [-0.25, -0.2) is 9.97 Å². The van der Waals surface area contributed by atoms with Crippen LogP contribution in [0.3, 0.4) is 0 Å². The van der Waals surface area contributed by atoms with Gasteiger partial charge in [0.1, 0.15) is 6.26 Å². The van der Waals surface area contributed by atoms with Crippen molar-refractivity contribution < 1.29 is 28.3 Å². The second kappa shape index (κ2) is 13.6. The summed E-state index contributed by atoms with van der Waals surface area (Å²) in [5.41, 5.74) is 4.90. The van der Waals surface area contributed by atoms with Crippen molar-refractivity contribution in [3.63, 3.8) is 0 Å². The van der Waals surface area contributed by atoms with Gasteiger partial charge >= 0.3 is 0 Å². The predicted molar refractivity (Wildman–Crippen MR) is 186 cm³/mol. The third-order valence-corrected chi connectivity index (χ3v) is 9.58. The fraction of sp³-hybridized carbons (Fsp3) is 0.361. The van der Waals surface area contributed by atoms with Gasteiger partial charge in [-0.1, -0.05) is 24.3 Å². The topological polar surface area (TPSA) is 183 Å². The van der Waals surface area contributed by atoms with E-state index in [-0.39, 0.29) is 23.4 Å². The number of aliphatic hydroxyl groups is 1. The standard InChI is InChI=1S/C36H37N9O6/c1-21-15-24(7-9-37-21)35-39-28(20-50-35)34(49)38-27-17-29-31(41-32(27)45-10-8-25(46)19-45)42-36(51-29)44-13-11-43(12-14-44)18-22-3-2-4-23(16-22)26-5-6-30(47)40-33(26)48/h2-4,7,9,15-17,20,25-26,46H,5-6,8,10-14,18-19H2,1H3,(H,38,49)(H,40,47,48)/t25-,26?/m1/s1. The molecule has 15 nitrogen and oxygen atoms in total. The number of fused-ring (bicyclic) bond motifs is 1. The molecule has 0 aliphatic carbocycles. The molecule has 2 atom stereocenters. The van der Waals surface area contributed by atoms with Crippen molar-refractivity contribution in [2.45, 2.75) is 44.8 Å². The zero-order chi connectivity index (χ0) is 35.1. The lowest BCUT2D eigenvalue weighted by Crippen LogP contribution is -2.46. The molecule has 15 heteroatoms. The minimum atomic E-state index is -0.503. The Hall–Kier alpha value is -5.67. The van der Waals surface area contributed by atoms with Gasteiger partial charge in [-0.2, -0.15) is 4.98 Å². The molecule has 3 aliphatic rings. The van der Waals surface area contributed by atoms with E-state index in [0.717, 1.165) is 36.5 Å². The summed E-state index contributed by atoms with van der Waals surface area (Å²) in [5, 5.41) is 15.7. The summed E-state index contributed by atoms with van der Waals surface area (Å²) in [7, 11) is 0. The Labute approximate surface area is 292 Å². The average Bonchev–Trinajstić information content (AvgIpc) is 3.89. The lowest BCUT2D eigenvalue weighted by Gasteiger charge is -2.33. The number of hydrogen-bond donors (Lipinski definition) is 3. The fourth-order valence-corrected chi connectivity index (χ4v) is 6.90. The van der Waals surface area contributed by atoms with E-state index >= 15 is 0 Å². The number of hydrogen-bond acceptors (Lipinski definition) is 13. The zero-order valence-corrected chi connectivity index (χ0v) is 28.0. The van der Waals surface area contributed by atoms with E-state index in [0.29, 0.717) is 85.6 Å². The molecule has 3 saturated heterocycles. The maximum Gasteiger partial charge on any atom is 0.300 e. The molecular weight excluding hydrogens is 654 g/mol. The summed E-state index contributed by atoms with van der Waals surface area (Å²) in [6, 6.07) is 13.8. The number of carbonyl (C=O) groups excluding carboxylic acids is 3. The van der Waals surface area contributed by atoms with E-state index < -0.39 is 12.0 Å². The number of aryl methyl sites for hydroxylation is 1. The Balaban J connectivity index is 0.965. The average molecular weight is 692 g/mol. The first-order valence-corrected chi connectivity index (χ1v) is 17.1. The highest BCUT2D eigenvalue weighted by Gasteiger charge is 2.30. The summed E-state index contributed by atoms with van der Waals surface area (Å²) in [6.07, 6.45) is 3.93. The number of oxazole rings is 2. The minimum Gasteiger partial charge on any atom is -0.444 e. The van der Waals surface area contributed by atoms with Crippen LogP contribution in [0.4, 0.5) is 17.5 Å². The van der Waals surface area contributed by atoms with Crippen LogP contribution >= 0.6 is 0 Å². The second-order valence-electron chi connectivity index (χ2n) is 13.3. The van der Waals surface area contributed by atoms with E-state index in [1.54, 1.807) is 18.3 Å². The van der Waals surface area contributed by atoms with Crippen molar-refractivity contribution in [2.24, 2.45) is 0 Å². The highest BCUT2D eigenvalue weighted by Crippen LogP contribution is 2.33. The number of piperidine rings is 1. The largest absolute Gasteiger partial charge is 0.444 e. The summed E-state index contributed by atoms with van der Waals surface area (Å²) in [5.74, 6) is -0.433. The van der Waals surface area contributed by atoms with E-state index in [1.165, 1.54) is 6.26 Å². The van der Waals surface area contributed by atoms with Gasteiger partial charge < -0.3 is 29.1 Å². The normalized spacial score (nSPS) is 19.9. The first-order chi connectivity index (χ1) is 24.8. The number of nitrogens with one attached hydrogen (secondary N) is 2. The number of pyridine rings is 2. The second-order valence-corrected chi connectivity index (χ2v) is 13.3. The van der Waals surface area contributed by atoms with Crippen LogP contribution in [0.25, 0.3) is 22.7 Å². The molecule has 8 rings (SSSR count). The quantitative estimate of drug-likeness (QED) is 0.202. The van der Waals surface area contributed by atoms with Crippen LogP contribution in [-0.2, 0) is 16.1 Å². The lowest BCUT2D eigenvalue weighted by atomic mass is 9.89. The van der Waals surface area contributed by atoms with Crippen LogP contribution in [0, 0.1) is 6.92 Å². The Morgan fingerprint density at radius 1 is 1.02 bits per heavy atom. The molecule has 0 saturated carbocycles. The van der Waals surface area contributed by atoms with Crippen LogP contribution in [0.1, 0.15) is 52.5 Å². The Kier molecular flexibility index (Phi) is 8.65. The monoisotopic (exact) mass is 691 g/mol. The Morgan fingerprint density at radius 3 is 2.67 bits per heavy atom. The molecule has 262 valence electrons. The molecule has 1 aromatic carbocycles. The van der Waals surface area contributed by atoms with Crippen molar-refractivity contribution in [1.82, 2.24) is 30.2 Å². The van der Waals surface area contributed by atoms with E-state index in [2.05, 4.69) is 42.5 Å². The van der Waals surface area contributed by atoms with Gasteiger partial charge in [-0.05, 0) is 43.0 Å². The van der Waals surface area contributed by atoms with Gasteiger partial charge in [0.05, 0.1) is 17.7 Å². The first kappa shape index (κ1) is 32.5. The summed E-state index contributed by atoms with van der Waals surface area (Å²) in [4.78, 5) is 61.9. The molecule has 0 radical (unpaired) electrons. The first-order valence-electron chi connectivity index (χ1n) is 17.1. The van der Waals surface area contributed by atoms with Crippen molar-refractivity contribution >= 4 is 46.5 Å². The van der Waals surface area contributed by atoms with Crippen molar-refractivity contribution in [2.75, 3.05) is 54.4 Å². The van der Waals surface area contributed by atoms with Crippen LogP contribution < -0.4 is 20.4 Å². The van der Waals surface area contributed by atoms with Gasteiger partial charge in [0.2, 0.25) is 23.4 Å². The summed E-state index contributed by atoms with van der Waals surface area (Å²) < 4.78 is 11.8. The molecule has 3 aliphatic heterocycles. The molecule has 1 unspecified atom stereocenters. The van der Waals surface area contributed by atoms with Crippen molar-refractivity contribution in [1.29, 1.82) is 0 Å². The smallest absolute Gasteiger partial charge is 0.300 e. The molecule has 0 spiro atoms. The van der Waals surface area contributed by atoms with Gasteiger partial charge in [0.15, 0.2) is 17.1 Å². The van der Waals surface area contributed by atoms with Gasteiger partial charge in [0, 0.05) is 75.8 Å². The Morgan fingerprint density at radius 2 is 1.88 bits per heavy atom. The van der Waals surface area contributed by atoms with Crippen LogP contribution in [-0.4, -0.2) is 93.0 Å². The number of aromatic nitrogens is 4. The van der Waals surface area contributed by atoms with E-state index in [9.17, 15) is 19.5 Å². The number of aliphatic hydroxyl groups excluding tert-OH is 1. The molecule has 0 bridgehead atoms. The molecule has 3 fully saturated rings. The molecule has 4 aromatic heterocycles. The number of nitrogens with zero attached hydrogens (tertiary/aromatic N) is 7. The minimum absolute atomic E-state index is 0.103. The third kappa shape index (κ3) is 6.90. The fourth-order valence-electron chi connectivity index (χ4n) is 6.90. The Bertz CT molecular complexity index is 2120. The number of β-amino-alcohol motifs (C(OH)–C–C–N with tert-alkyl or cyclic N) is 1. The van der Waals surface area contributed by atoms with Crippen LogP contribution in [0.5, 0.6) is 0 Å². The van der Waals surface area contributed by atoms with Gasteiger partial charge in [-0.15, -0.1) is 0 Å². The predicted octanol–water partition coefficient (Wildman–Crippen LogP) is 3.25. The van der Waals surface area contributed by atoms with E-state index in [4.69, 9.17) is 18.8 Å². The maximum absolute atomic E-state index is 13.4. The number of benzene rings is 1. The molecule has 51 heavy (non-hydrogen) atoms. The number of rotatable bonds is 8. The maximum atomic E-state index is 13.4. The third-order valence-electron chi connectivity index (χ3n) is 9.58. The summed E-state index contributed by atoms with van der Waals surface area (Å²) in [6.45, 7) is 6.44. The van der Waals surface area contributed by atoms with Crippen molar-refractivity contribution in [3.8, 4) is 11.5 Å². The highest BCUT2D eigenvalue weighted by molar-refractivity contribution is 6.05. The number of carbonyl (C=O) groups is 3. The summed E-state index contributed by atoms with van der Waals surface area (Å²) >= 11 is 0. The highest BCUT2D eigenvalue weighted by atomic mass is 16.4. The van der Waals surface area contributed by atoms with E-state index in [1.807, 2.05) is 30.0 Å². The van der Waals surface area contributed by atoms with Gasteiger partial charge in [-0.3, -0.25) is 29.6 Å². The molecule has 3 N–H and O–H groups in total. The number of imide groups is 1. The van der Waals surface area contributed by atoms with Crippen molar-refractivity contribution in [3.05, 3.63) is 77.4 Å².